The Balaban J connectivity index is 1.85. The Hall–Kier alpha value is -1.67. The van der Waals surface area contributed by atoms with Gasteiger partial charge >= 0.3 is 0 Å². The molecule has 0 N–H and O–H groups in total. The van der Waals surface area contributed by atoms with Gasteiger partial charge in [-0.15, -0.1) is 0 Å². The first kappa shape index (κ1) is 14.9. The minimum absolute atomic E-state index is 0.330. The summed E-state index contributed by atoms with van der Waals surface area (Å²) in [7, 11) is 1.71. The average molecular weight is 311 g/mol. The molecule has 1 aromatic rings. The number of benzene rings is 1. The molecule has 0 amide bonds. The highest BCUT2D eigenvalue weighted by Gasteiger charge is 2.57. The van der Waals surface area contributed by atoms with Crippen molar-refractivity contribution >= 4 is 0 Å². The summed E-state index contributed by atoms with van der Waals surface area (Å²) in [5.74, 6) is 2.11. The molecule has 0 radical (unpaired) electrons. The number of hydrogen-bond donors (Lipinski definition) is 0. The van der Waals surface area contributed by atoms with Crippen molar-refractivity contribution in [3.05, 3.63) is 39.8 Å². The van der Waals surface area contributed by atoms with E-state index in [9.17, 15) is 5.53 Å². The number of azide groups is 1. The van der Waals surface area contributed by atoms with Gasteiger partial charge in [0, 0.05) is 4.91 Å². The Labute approximate surface area is 137 Å². The Morgan fingerprint density at radius 2 is 2.09 bits per heavy atom. The lowest BCUT2D eigenvalue weighted by molar-refractivity contribution is 0.00837. The molecule has 0 spiro atoms. The van der Waals surface area contributed by atoms with Gasteiger partial charge in [-0.2, -0.15) is 0 Å². The van der Waals surface area contributed by atoms with E-state index >= 15 is 0 Å². The third-order valence-corrected chi connectivity index (χ3v) is 7.06. The Morgan fingerprint density at radius 3 is 2.87 bits per heavy atom. The second-order valence-corrected chi connectivity index (χ2v) is 7.93. The molecule has 0 bridgehead atoms. The van der Waals surface area contributed by atoms with E-state index in [2.05, 4.69) is 29.1 Å². The molecule has 3 aliphatic carbocycles. The normalized spacial score (nSPS) is 38.0. The molecule has 0 unspecified atom stereocenters. The van der Waals surface area contributed by atoms with E-state index in [0.717, 1.165) is 25.0 Å². The van der Waals surface area contributed by atoms with Gasteiger partial charge in [0.15, 0.2) is 0 Å². The van der Waals surface area contributed by atoms with Crippen molar-refractivity contribution < 1.29 is 4.74 Å². The minimum atomic E-state index is -0.330. The molecule has 122 valence electrons. The summed E-state index contributed by atoms with van der Waals surface area (Å²) >= 11 is 0. The molecule has 0 saturated heterocycles. The highest BCUT2D eigenvalue weighted by atomic mass is 16.5. The maximum atomic E-state index is 9.32. The fourth-order valence-electron chi connectivity index (χ4n) is 5.92. The predicted molar refractivity (Wildman–Crippen MR) is 90.3 cm³/mol. The summed E-state index contributed by atoms with van der Waals surface area (Å²) in [5.41, 5.74) is 12.0. The zero-order valence-corrected chi connectivity index (χ0v) is 14.1. The van der Waals surface area contributed by atoms with Gasteiger partial charge in [-0.3, -0.25) is 0 Å². The molecule has 2 fully saturated rings. The number of hydrogen-bond acceptors (Lipinski definition) is 2. The van der Waals surface area contributed by atoms with Gasteiger partial charge in [0.2, 0.25) is 0 Å². The maximum Gasteiger partial charge on any atom is 0.119 e. The van der Waals surface area contributed by atoms with Gasteiger partial charge in [-0.25, -0.2) is 0 Å². The monoisotopic (exact) mass is 311 g/mol. The van der Waals surface area contributed by atoms with E-state index in [1.807, 2.05) is 6.07 Å². The van der Waals surface area contributed by atoms with Crippen LogP contribution in [0.15, 0.2) is 23.3 Å². The Bertz CT molecular complexity index is 681. The first-order valence-electron chi connectivity index (χ1n) is 8.87. The second kappa shape index (κ2) is 5.17. The van der Waals surface area contributed by atoms with Gasteiger partial charge in [0.1, 0.15) is 5.75 Å². The minimum Gasteiger partial charge on any atom is -0.497 e. The van der Waals surface area contributed by atoms with Crippen molar-refractivity contribution in [1.82, 2.24) is 0 Å². The highest BCUT2D eigenvalue weighted by Crippen LogP contribution is 2.63. The van der Waals surface area contributed by atoms with Crippen LogP contribution in [-0.4, -0.2) is 7.11 Å². The van der Waals surface area contributed by atoms with Gasteiger partial charge in [-0.05, 0) is 84.6 Å². The highest BCUT2D eigenvalue weighted by molar-refractivity contribution is 5.43. The molecule has 4 nitrogen and oxygen atoms in total. The molecule has 3 aliphatic rings. The van der Waals surface area contributed by atoms with Crippen molar-refractivity contribution in [2.75, 3.05) is 7.11 Å². The first-order chi connectivity index (χ1) is 11.1. The summed E-state index contributed by atoms with van der Waals surface area (Å²) < 4.78 is 5.39. The lowest BCUT2D eigenvalue weighted by Crippen LogP contribution is -2.49. The number of rotatable bonds is 2. The third-order valence-electron chi connectivity index (χ3n) is 7.06. The Kier molecular flexibility index (Phi) is 3.35. The van der Waals surface area contributed by atoms with Crippen LogP contribution in [0.25, 0.3) is 10.4 Å². The van der Waals surface area contributed by atoms with E-state index in [1.54, 1.807) is 7.11 Å². The lowest BCUT2D eigenvalue weighted by atomic mass is 9.52. The Morgan fingerprint density at radius 1 is 1.22 bits per heavy atom. The number of ether oxygens (including phenoxy) is 1. The molecular formula is C19H25N3O. The molecule has 4 rings (SSSR count). The fourth-order valence-corrected chi connectivity index (χ4v) is 5.92. The SMILES string of the molecule is COc1ccc2c(c1)CC[C@H]1[C@@H]3CCC[C@@]3(C)CC[C@]21N=[N+]=[N-]. The van der Waals surface area contributed by atoms with E-state index in [-0.39, 0.29) is 5.54 Å². The van der Waals surface area contributed by atoms with E-state index in [1.165, 1.54) is 36.8 Å². The van der Waals surface area contributed by atoms with Crippen LogP contribution in [0.4, 0.5) is 0 Å². The van der Waals surface area contributed by atoms with Crippen LogP contribution in [0.3, 0.4) is 0 Å². The summed E-state index contributed by atoms with van der Waals surface area (Å²) in [5, 5.41) is 4.47. The molecule has 0 aromatic heterocycles. The van der Waals surface area contributed by atoms with Gasteiger partial charge in [-0.1, -0.05) is 24.5 Å². The molecule has 4 atom stereocenters. The van der Waals surface area contributed by atoms with E-state index in [4.69, 9.17) is 4.74 Å². The predicted octanol–water partition coefficient (Wildman–Crippen LogP) is 5.36. The van der Waals surface area contributed by atoms with Gasteiger partial charge < -0.3 is 4.74 Å². The molecular weight excluding hydrogens is 286 g/mol. The zero-order valence-electron chi connectivity index (χ0n) is 14.1. The van der Waals surface area contributed by atoms with Crippen LogP contribution in [0, 0.1) is 17.3 Å². The molecule has 4 heteroatoms. The van der Waals surface area contributed by atoms with Crippen molar-refractivity contribution in [1.29, 1.82) is 0 Å². The largest absolute Gasteiger partial charge is 0.497 e. The van der Waals surface area contributed by atoms with Crippen LogP contribution < -0.4 is 4.74 Å². The van der Waals surface area contributed by atoms with E-state index in [0.29, 0.717) is 17.3 Å². The van der Waals surface area contributed by atoms with Crippen molar-refractivity contribution in [2.45, 2.75) is 57.4 Å². The maximum absolute atomic E-state index is 9.32. The molecule has 0 aliphatic heterocycles. The topological polar surface area (TPSA) is 58.0 Å². The van der Waals surface area contributed by atoms with Crippen molar-refractivity contribution in [3.63, 3.8) is 0 Å². The molecule has 23 heavy (non-hydrogen) atoms. The lowest BCUT2D eigenvalue weighted by Gasteiger charge is -2.54. The van der Waals surface area contributed by atoms with E-state index < -0.39 is 0 Å². The summed E-state index contributed by atoms with van der Waals surface area (Å²) in [6.07, 6.45) is 8.36. The third kappa shape index (κ3) is 2.01. The number of methoxy groups -OCH3 is 1. The summed E-state index contributed by atoms with van der Waals surface area (Å²) in [6, 6.07) is 6.33. The number of fused-ring (bicyclic) bond motifs is 5. The number of aryl methyl sites for hydroxylation is 1. The van der Waals surface area contributed by atoms with Gasteiger partial charge in [0.25, 0.3) is 0 Å². The van der Waals surface area contributed by atoms with Crippen LogP contribution in [0.5, 0.6) is 5.75 Å². The molecule has 1 aromatic carbocycles. The molecule has 0 heterocycles. The fraction of sp³-hybridized carbons (Fsp3) is 0.684. The van der Waals surface area contributed by atoms with Crippen molar-refractivity contribution in [3.8, 4) is 5.75 Å². The summed E-state index contributed by atoms with van der Waals surface area (Å²) in [4.78, 5) is 3.31. The standard InChI is InChI=1S/C19H25N3O/c1-18-9-3-4-16(18)17-7-5-13-12-14(23-2)6-8-15(13)19(17,11-10-18)21-22-20/h6,8,12,16-17H,3-5,7,9-11H2,1-2H3/t16-,17-,18-,19-/m0/s1. The average Bonchev–Trinajstić information content (AvgIpc) is 2.96. The van der Waals surface area contributed by atoms with Gasteiger partial charge in [0.05, 0.1) is 12.6 Å². The molecule has 2 saturated carbocycles. The van der Waals surface area contributed by atoms with Crippen LogP contribution >= 0.6 is 0 Å². The van der Waals surface area contributed by atoms with Crippen LogP contribution in [0.2, 0.25) is 0 Å². The second-order valence-electron chi connectivity index (χ2n) is 7.93. The number of nitrogens with zero attached hydrogens (tertiary/aromatic N) is 3. The zero-order chi connectivity index (χ0) is 16.1. The first-order valence-corrected chi connectivity index (χ1v) is 8.87. The van der Waals surface area contributed by atoms with Crippen LogP contribution in [-0.2, 0) is 12.0 Å². The quantitative estimate of drug-likeness (QED) is 0.412. The van der Waals surface area contributed by atoms with Crippen molar-refractivity contribution in [2.24, 2.45) is 22.4 Å². The summed E-state index contributed by atoms with van der Waals surface area (Å²) in [6.45, 7) is 2.47. The smallest absolute Gasteiger partial charge is 0.119 e. The van der Waals surface area contributed by atoms with Crippen LogP contribution in [0.1, 0.15) is 56.6 Å².